The number of hydrogen-bond donors (Lipinski definition) is 1. The summed E-state index contributed by atoms with van der Waals surface area (Å²) in [6.45, 7) is 2.01. The first-order valence-corrected chi connectivity index (χ1v) is 5.89. The number of hydrogen-bond acceptors (Lipinski definition) is 2. The second-order valence-electron chi connectivity index (χ2n) is 4.16. The minimum absolute atomic E-state index is 0.720. The Morgan fingerprint density at radius 3 is 2.47 bits per heavy atom. The van der Waals surface area contributed by atoms with Crippen LogP contribution in [0.2, 0.25) is 0 Å². The third-order valence-electron chi connectivity index (χ3n) is 2.52. The number of rotatable bonds is 4. The van der Waals surface area contributed by atoms with Gasteiger partial charge in [-0.3, -0.25) is 0 Å². The maximum atomic E-state index is 10.4. The lowest BCUT2D eigenvalue weighted by Crippen LogP contribution is -1.86. The van der Waals surface area contributed by atoms with E-state index < -0.39 is 5.97 Å². The molecule has 0 aliphatic carbocycles. The molecule has 0 radical (unpaired) electrons. The molecule has 19 heavy (non-hydrogen) atoms. The molecule has 0 fully saturated rings. The summed E-state index contributed by atoms with van der Waals surface area (Å²) >= 11 is 0. The smallest absolute Gasteiger partial charge is 0.328 e. The van der Waals surface area contributed by atoms with Gasteiger partial charge in [0.1, 0.15) is 11.5 Å². The Morgan fingerprint density at radius 2 is 1.84 bits per heavy atom. The topological polar surface area (TPSA) is 46.5 Å². The van der Waals surface area contributed by atoms with Crippen molar-refractivity contribution in [3.63, 3.8) is 0 Å². The van der Waals surface area contributed by atoms with Gasteiger partial charge in [-0.15, -0.1) is 0 Å². The molecule has 3 heteroatoms. The SMILES string of the molecule is Cc1cccc(Oc2ccc(/C=C/C(=O)O)cc2)c1. The molecular formula is C16H14O3. The molecule has 0 saturated carbocycles. The van der Waals surface area contributed by atoms with Gasteiger partial charge in [0.05, 0.1) is 0 Å². The molecule has 0 aliphatic heterocycles. The lowest BCUT2D eigenvalue weighted by Gasteiger charge is -2.06. The van der Waals surface area contributed by atoms with Crippen LogP contribution in [0, 0.1) is 6.92 Å². The van der Waals surface area contributed by atoms with E-state index in [1.807, 2.05) is 55.5 Å². The van der Waals surface area contributed by atoms with Gasteiger partial charge in [-0.05, 0) is 48.4 Å². The van der Waals surface area contributed by atoms with E-state index in [9.17, 15) is 4.79 Å². The van der Waals surface area contributed by atoms with Crippen LogP contribution in [0.15, 0.2) is 54.6 Å². The van der Waals surface area contributed by atoms with Crippen LogP contribution in [0.4, 0.5) is 0 Å². The molecule has 0 spiro atoms. The fraction of sp³-hybridized carbons (Fsp3) is 0.0625. The van der Waals surface area contributed by atoms with Crippen molar-refractivity contribution in [3.8, 4) is 11.5 Å². The quantitative estimate of drug-likeness (QED) is 0.842. The van der Waals surface area contributed by atoms with E-state index in [2.05, 4.69) is 0 Å². The van der Waals surface area contributed by atoms with Gasteiger partial charge in [0.25, 0.3) is 0 Å². The highest BCUT2D eigenvalue weighted by Crippen LogP contribution is 2.22. The fourth-order valence-electron chi connectivity index (χ4n) is 1.63. The highest BCUT2D eigenvalue weighted by molar-refractivity contribution is 5.85. The molecule has 0 aliphatic rings. The lowest BCUT2D eigenvalue weighted by molar-refractivity contribution is -0.131. The van der Waals surface area contributed by atoms with Crippen molar-refractivity contribution >= 4 is 12.0 Å². The fourth-order valence-corrected chi connectivity index (χ4v) is 1.63. The summed E-state index contributed by atoms with van der Waals surface area (Å²) in [5, 5.41) is 8.54. The molecule has 2 aromatic rings. The molecule has 2 rings (SSSR count). The van der Waals surface area contributed by atoms with E-state index >= 15 is 0 Å². The Kier molecular flexibility index (Phi) is 3.98. The van der Waals surface area contributed by atoms with Crippen LogP contribution in [-0.4, -0.2) is 11.1 Å². The van der Waals surface area contributed by atoms with Crippen molar-refractivity contribution in [3.05, 3.63) is 65.7 Å². The maximum absolute atomic E-state index is 10.4. The Bertz CT molecular complexity index is 598. The van der Waals surface area contributed by atoms with Crippen LogP contribution in [0.3, 0.4) is 0 Å². The first kappa shape index (κ1) is 12.9. The summed E-state index contributed by atoms with van der Waals surface area (Å²) in [5.74, 6) is 0.548. The van der Waals surface area contributed by atoms with Crippen molar-refractivity contribution in [2.45, 2.75) is 6.92 Å². The normalized spacial score (nSPS) is 10.6. The minimum atomic E-state index is -0.958. The molecular weight excluding hydrogens is 240 g/mol. The summed E-state index contributed by atoms with van der Waals surface area (Å²) in [6.07, 6.45) is 2.65. The number of benzene rings is 2. The standard InChI is InChI=1S/C16H14O3/c1-12-3-2-4-15(11-12)19-14-8-5-13(6-9-14)7-10-16(17)18/h2-11H,1H3,(H,17,18)/b10-7+. The first-order valence-electron chi connectivity index (χ1n) is 5.89. The van der Waals surface area contributed by atoms with Crippen molar-refractivity contribution < 1.29 is 14.6 Å². The number of carboxylic acid groups (broad SMARTS) is 1. The molecule has 0 heterocycles. The lowest BCUT2D eigenvalue weighted by atomic mass is 10.2. The Hall–Kier alpha value is -2.55. The monoisotopic (exact) mass is 254 g/mol. The molecule has 0 bridgehead atoms. The van der Waals surface area contributed by atoms with Gasteiger partial charge >= 0.3 is 5.97 Å². The van der Waals surface area contributed by atoms with E-state index in [1.54, 1.807) is 6.08 Å². The predicted molar refractivity (Wildman–Crippen MR) is 74.4 cm³/mol. The maximum Gasteiger partial charge on any atom is 0.328 e. The average Bonchev–Trinajstić information content (AvgIpc) is 2.38. The van der Waals surface area contributed by atoms with Gasteiger partial charge in [-0.25, -0.2) is 4.79 Å². The van der Waals surface area contributed by atoms with Crippen molar-refractivity contribution in [2.75, 3.05) is 0 Å². The van der Waals surface area contributed by atoms with Crippen LogP contribution in [0.5, 0.6) is 11.5 Å². The van der Waals surface area contributed by atoms with E-state index in [-0.39, 0.29) is 0 Å². The molecule has 0 atom stereocenters. The van der Waals surface area contributed by atoms with E-state index in [1.165, 1.54) is 0 Å². The molecule has 0 unspecified atom stereocenters. The Morgan fingerprint density at radius 1 is 1.11 bits per heavy atom. The Balaban J connectivity index is 2.08. The number of carbonyl (C=O) groups is 1. The van der Waals surface area contributed by atoms with Crippen LogP contribution >= 0.6 is 0 Å². The second-order valence-corrected chi connectivity index (χ2v) is 4.16. The highest BCUT2D eigenvalue weighted by Gasteiger charge is 1.97. The van der Waals surface area contributed by atoms with Gasteiger partial charge in [-0.1, -0.05) is 24.3 Å². The average molecular weight is 254 g/mol. The first-order chi connectivity index (χ1) is 9.13. The van der Waals surface area contributed by atoms with E-state index in [0.29, 0.717) is 0 Å². The summed E-state index contributed by atoms with van der Waals surface area (Å²) < 4.78 is 5.70. The molecule has 96 valence electrons. The van der Waals surface area contributed by atoms with Crippen molar-refractivity contribution in [1.82, 2.24) is 0 Å². The number of aliphatic carboxylic acids is 1. The van der Waals surface area contributed by atoms with E-state index in [0.717, 1.165) is 28.7 Å². The summed E-state index contributed by atoms with van der Waals surface area (Å²) in [4.78, 5) is 10.4. The van der Waals surface area contributed by atoms with Gasteiger partial charge < -0.3 is 9.84 Å². The number of carboxylic acids is 1. The third kappa shape index (κ3) is 4.00. The molecule has 3 nitrogen and oxygen atoms in total. The van der Waals surface area contributed by atoms with Crippen LogP contribution < -0.4 is 4.74 Å². The number of aryl methyl sites for hydroxylation is 1. The molecule has 0 saturated heterocycles. The van der Waals surface area contributed by atoms with Gasteiger partial charge in [-0.2, -0.15) is 0 Å². The zero-order valence-corrected chi connectivity index (χ0v) is 10.5. The zero-order valence-electron chi connectivity index (χ0n) is 10.5. The van der Waals surface area contributed by atoms with Gasteiger partial charge in [0, 0.05) is 6.08 Å². The van der Waals surface area contributed by atoms with Crippen LogP contribution in [0.25, 0.3) is 6.08 Å². The van der Waals surface area contributed by atoms with Crippen molar-refractivity contribution in [2.24, 2.45) is 0 Å². The molecule has 1 N–H and O–H groups in total. The van der Waals surface area contributed by atoms with Gasteiger partial charge in [0.15, 0.2) is 0 Å². The third-order valence-corrected chi connectivity index (χ3v) is 2.52. The number of ether oxygens (including phenoxy) is 1. The zero-order chi connectivity index (χ0) is 13.7. The largest absolute Gasteiger partial charge is 0.478 e. The van der Waals surface area contributed by atoms with Crippen LogP contribution in [-0.2, 0) is 4.79 Å². The highest BCUT2D eigenvalue weighted by atomic mass is 16.5. The molecule has 0 amide bonds. The van der Waals surface area contributed by atoms with Crippen molar-refractivity contribution in [1.29, 1.82) is 0 Å². The summed E-state index contributed by atoms with van der Waals surface area (Å²) in [5.41, 5.74) is 1.96. The second kappa shape index (κ2) is 5.87. The molecule has 2 aromatic carbocycles. The van der Waals surface area contributed by atoms with Gasteiger partial charge in [0.2, 0.25) is 0 Å². The van der Waals surface area contributed by atoms with Crippen LogP contribution in [0.1, 0.15) is 11.1 Å². The summed E-state index contributed by atoms with van der Waals surface area (Å²) in [6, 6.07) is 15.0. The predicted octanol–water partition coefficient (Wildman–Crippen LogP) is 3.89. The molecule has 0 aromatic heterocycles. The van der Waals surface area contributed by atoms with E-state index in [4.69, 9.17) is 9.84 Å². The Labute approximate surface area is 111 Å². The minimum Gasteiger partial charge on any atom is -0.478 e. The summed E-state index contributed by atoms with van der Waals surface area (Å²) in [7, 11) is 0.